The fourth-order valence-corrected chi connectivity index (χ4v) is 4.32. The lowest BCUT2D eigenvalue weighted by molar-refractivity contribution is -0.160. The zero-order valence-electron chi connectivity index (χ0n) is 9.70. The standard InChI is InChI=1S/C12H13Br3O3/c1-2-17-12-9(16)5-10(12)18-11-7(14)3-6(13)4-8(11)15/h3-4,9-10,12,16H,2,5H2,1H3. The molecule has 0 saturated heterocycles. The number of benzene rings is 1. The molecule has 0 heterocycles. The Labute approximate surface area is 131 Å². The average molecular weight is 445 g/mol. The van der Waals surface area contributed by atoms with Crippen molar-refractivity contribution in [2.24, 2.45) is 0 Å². The van der Waals surface area contributed by atoms with Crippen LogP contribution in [0.1, 0.15) is 13.3 Å². The van der Waals surface area contributed by atoms with Gasteiger partial charge in [-0.3, -0.25) is 0 Å². The van der Waals surface area contributed by atoms with E-state index in [0.29, 0.717) is 13.0 Å². The Bertz CT molecular complexity index is 416. The highest BCUT2D eigenvalue weighted by molar-refractivity contribution is 9.11. The highest BCUT2D eigenvalue weighted by Gasteiger charge is 2.43. The van der Waals surface area contributed by atoms with Gasteiger partial charge in [0.15, 0.2) is 0 Å². The van der Waals surface area contributed by atoms with Crippen molar-refractivity contribution >= 4 is 47.8 Å². The molecule has 6 heteroatoms. The van der Waals surface area contributed by atoms with Crippen LogP contribution >= 0.6 is 47.8 Å². The fourth-order valence-electron chi connectivity index (χ4n) is 1.88. The van der Waals surface area contributed by atoms with Gasteiger partial charge in [0, 0.05) is 17.5 Å². The molecule has 3 atom stereocenters. The van der Waals surface area contributed by atoms with Gasteiger partial charge in [0.2, 0.25) is 0 Å². The molecule has 1 aromatic rings. The second-order valence-electron chi connectivity index (χ2n) is 4.08. The van der Waals surface area contributed by atoms with Gasteiger partial charge in [-0.1, -0.05) is 15.9 Å². The van der Waals surface area contributed by atoms with E-state index >= 15 is 0 Å². The monoisotopic (exact) mass is 442 g/mol. The molecule has 100 valence electrons. The summed E-state index contributed by atoms with van der Waals surface area (Å²) in [5.41, 5.74) is 0. The lowest BCUT2D eigenvalue weighted by Crippen LogP contribution is -2.55. The van der Waals surface area contributed by atoms with E-state index in [4.69, 9.17) is 9.47 Å². The largest absolute Gasteiger partial charge is 0.485 e. The summed E-state index contributed by atoms with van der Waals surface area (Å²) in [7, 11) is 0. The number of aliphatic hydroxyl groups is 1. The quantitative estimate of drug-likeness (QED) is 0.765. The molecular weight excluding hydrogens is 432 g/mol. The summed E-state index contributed by atoms with van der Waals surface area (Å²) >= 11 is 10.3. The first-order chi connectivity index (χ1) is 8.52. The van der Waals surface area contributed by atoms with E-state index in [2.05, 4.69) is 47.8 Å². The van der Waals surface area contributed by atoms with E-state index < -0.39 is 6.10 Å². The van der Waals surface area contributed by atoms with Crippen LogP contribution in [-0.4, -0.2) is 30.0 Å². The number of aliphatic hydroxyl groups excluding tert-OH is 1. The number of hydrogen-bond acceptors (Lipinski definition) is 3. The Balaban J connectivity index is 2.10. The van der Waals surface area contributed by atoms with Gasteiger partial charge in [-0.15, -0.1) is 0 Å². The maximum absolute atomic E-state index is 9.63. The minimum Gasteiger partial charge on any atom is -0.485 e. The van der Waals surface area contributed by atoms with Crippen LogP contribution in [0, 0.1) is 0 Å². The first kappa shape index (κ1) is 14.8. The number of rotatable bonds is 4. The third-order valence-corrected chi connectivity index (χ3v) is 4.45. The lowest BCUT2D eigenvalue weighted by atomic mass is 9.88. The van der Waals surface area contributed by atoms with Crippen molar-refractivity contribution in [2.75, 3.05) is 6.61 Å². The number of hydrogen-bond donors (Lipinski definition) is 1. The van der Waals surface area contributed by atoms with Crippen molar-refractivity contribution in [1.82, 2.24) is 0 Å². The van der Waals surface area contributed by atoms with Gasteiger partial charge in [0.05, 0.1) is 15.0 Å². The van der Waals surface area contributed by atoms with Crippen LogP contribution in [0.25, 0.3) is 0 Å². The first-order valence-electron chi connectivity index (χ1n) is 5.63. The summed E-state index contributed by atoms with van der Waals surface area (Å²) < 4.78 is 14.1. The number of ether oxygens (including phenoxy) is 2. The van der Waals surface area contributed by atoms with Gasteiger partial charge >= 0.3 is 0 Å². The van der Waals surface area contributed by atoms with E-state index in [1.807, 2.05) is 19.1 Å². The normalized spacial score (nSPS) is 26.8. The van der Waals surface area contributed by atoms with Crippen LogP contribution in [0.4, 0.5) is 0 Å². The molecule has 0 bridgehead atoms. The molecule has 1 fully saturated rings. The molecule has 0 radical (unpaired) electrons. The van der Waals surface area contributed by atoms with Crippen LogP contribution < -0.4 is 4.74 Å². The van der Waals surface area contributed by atoms with Crippen LogP contribution in [0.15, 0.2) is 25.6 Å². The molecule has 1 aliphatic carbocycles. The summed E-state index contributed by atoms with van der Waals surface area (Å²) in [4.78, 5) is 0. The van der Waals surface area contributed by atoms with Crippen molar-refractivity contribution in [3.8, 4) is 5.75 Å². The van der Waals surface area contributed by atoms with Crippen molar-refractivity contribution < 1.29 is 14.6 Å². The summed E-state index contributed by atoms with van der Waals surface area (Å²) in [6.07, 6.45) is -0.172. The predicted octanol–water partition coefficient (Wildman–Crippen LogP) is 3.89. The molecule has 3 nitrogen and oxygen atoms in total. The third-order valence-electron chi connectivity index (χ3n) is 2.81. The molecule has 1 aromatic carbocycles. The van der Waals surface area contributed by atoms with Gasteiger partial charge in [0.25, 0.3) is 0 Å². The van der Waals surface area contributed by atoms with Crippen LogP contribution in [0.5, 0.6) is 5.75 Å². The molecule has 2 rings (SSSR count). The first-order valence-corrected chi connectivity index (χ1v) is 8.01. The van der Waals surface area contributed by atoms with E-state index in [1.165, 1.54) is 0 Å². The van der Waals surface area contributed by atoms with Gasteiger partial charge in [-0.25, -0.2) is 0 Å². The van der Waals surface area contributed by atoms with Crippen molar-refractivity contribution in [3.05, 3.63) is 25.6 Å². The molecule has 0 aromatic heterocycles. The second kappa shape index (κ2) is 6.22. The Morgan fingerprint density at radius 1 is 1.28 bits per heavy atom. The van der Waals surface area contributed by atoms with Crippen molar-refractivity contribution in [2.45, 2.75) is 31.7 Å². The van der Waals surface area contributed by atoms with Gasteiger partial charge in [0.1, 0.15) is 18.0 Å². The third kappa shape index (κ3) is 3.10. The minimum atomic E-state index is -0.428. The highest BCUT2D eigenvalue weighted by atomic mass is 79.9. The smallest absolute Gasteiger partial charge is 0.148 e. The summed E-state index contributed by atoms with van der Waals surface area (Å²) in [5.74, 6) is 0.736. The second-order valence-corrected chi connectivity index (χ2v) is 6.70. The Kier molecular flexibility index (Phi) is 5.11. The molecule has 3 unspecified atom stereocenters. The van der Waals surface area contributed by atoms with Gasteiger partial charge in [-0.05, 0) is 50.9 Å². The number of halogens is 3. The van der Waals surface area contributed by atoms with E-state index in [9.17, 15) is 5.11 Å². The highest BCUT2D eigenvalue weighted by Crippen LogP contribution is 2.39. The fraction of sp³-hybridized carbons (Fsp3) is 0.500. The SMILES string of the molecule is CCOC1C(O)CC1Oc1c(Br)cc(Br)cc1Br. The van der Waals surface area contributed by atoms with Gasteiger partial charge < -0.3 is 14.6 Å². The molecule has 0 amide bonds. The van der Waals surface area contributed by atoms with E-state index in [0.717, 1.165) is 19.2 Å². The zero-order chi connectivity index (χ0) is 13.3. The summed E-state index contributed by atoms with van der Waals surface area (Å²) in [6.45, 7) is 2.48. The molecule has 0 aliphatic heterocycles. The van der Waals surface area contributed by atoms with Crippen LogP contribution in [-0.2, 0) is 4.74 Å². The van der Waals surface area contributed by atoms with Crippen LogP contribution in [0.3, 0.4) is 0 Å². The summed E-state index contributed by atoms with van der Waals surface area (Å²) in [6, 6.07) is 3.84. The predicted molar refractivity (Wildman–Crippen MR) is 80.0 cm³/mol. The topological polar surface area (TPSA) is 38.7 Å². The summed E-state index contributed by atoms with van der Waals surface area (Å²) in [5, 5.41) is 9.63. The molecule has 1 saturated carbocycles. The van der Waals surface area contributed by atoms with Crippen molar-refractivity contribution in [1.29, 1.82) is 0 Å². The molecule has 18 heavy (non-hydrogen) atoms. The zero-order valence-corrected chi connectivity index (χ0v) is 14.5. The molecule has 1 N–H and O–H groups in total. The van der Waals surface area contributed by atoms with E-state index in [1.54, 1.807) is 0 Å². The minimum absolute atomic E-state index is 0.103. The Hall–Kier alpha value is 0.380. The maximum Gasteiger partial charge on any atom is 0.148 e. The lowest BCUT2D eigenvalue weighted by Gasteiger charge is -2.40. The van der Waals surface area contributed by atoms with Gasteiger partial charge in [-0.2, -0.15) is 0 Å². The molecule has 0 spiro atoms. The molecule has 1 aliphatic rings. The van der Waals surface area contributed by atoms with Crippen LogP contribution in [0.2, 0.25) is 0 Å². The van der Waals surface area contributed by atoms with Crippen molar-refractivity contribution in [3.63, 3.8) is 0 Å². The van der Waals surface area contributed by atoms with E-state index in [-0.39, 0.29) is 12.2 Å². The average Bonchev–Trinajstić information content (AvgIpc) is 2.29. The molecular formula is C12H13Br3O3. The Morgan fingerprint density at radius 2 is 1.89 bits per heavy atom. The Morgan fingerprint density at radius 3 is 2.39 bits per heavy atom. The maximum atomic E-state index is 9.63.